The van der Waals surface area contributed by atoms with Crippen LogP contribution in [0.1, 0.15) is 31.4 Å². The predicted molar refractivity (Wildman–Crippen MR) is 99.4 cm³/mol. The van der Waals surface area contributed by atoms with E-state index in [9.17, 15) is 22.8 Å². The summed E-state index contributed by atoms with van der Waals surface area (Å²) in [5.41, 5.74) is -0.219. The molecule has 1 aliphatic heterocycles. The molecule has 154 valence electrons. The van der Waals surface area contributed by atoms with Crippen molar-refractivity contribution in [2.75, 3.05) is 32.8 Å². The van der Waals surface area contributed by atoms with E-state index in [4.69, 9.17) is 4.74 Å². The first kappa shape index (κ1) is 21.8. The smallest absolute Gasteiger partial charge is 0.416 e. The zero-order valence-corrected chi connectivity index (χ0v) is 16.0. The van der Waals surface area contributed by atoms with E-state index >= 15 is 0 Å². The lowest BCUT2D eigenvalue weighted by Crippen LogP contribution is -2.37. The van der Waals surface area contributed by atoms with Crippen LogP contribution in [0.15, 0.2) is 30.3 Å². The Hall–Kier alpha value is -2.51. The molecule has 5 nitrogen and oxygen atoms in total. The standard InChI is InChI=1S/C20H25F3N2O3/c1-15(2)14-28-19(27)25-11-3-10-24(12-13-25)18(26)9-6-16-4-7-17(8-5-16)20(21,22)23/h4-9,15H,3,10-14H2,1-2H3. The molecular weight excluding hydrogens is 373 g/mol. The molecule has 0 saturated carbocycles. The number of hydrogen-bond acceptors (Lipinski definition) is 3. The molecule has 2 rings (SSSR count). The lowest BCUT2D eigenvalue weighted by Gasteiger charge is -2.21. The molecule has 1 saturated heterocycles. The third kappa shape index (κ3) is 6.58. The molecule has 2 amide bonds. The second-order valence-electron chi connectivity index (χ2n) is 7.09. The third-order valence-corrected chi connectivity index (χ3v) is 4.26. The third-order valence-electron chi connectivity index (χ3n) is 4.26. The van der Waals surface area contributed by atoms with Crippen molar-refractivity contribution in [3.8, 4) is 0 Å². The number of alkyl halides is 3. The molecule has 0 radical (unpaired) electrons. The Morgan fingerprint density at radius 1 is 1.07 bits per heavy atom. The van der Waals surface area contributed by atoms with Gasteiger partial charge in [-0.25, -0.2) is 4.79 Å². The SMILES string of the molecule is CC(C)COC(=O)N1CCCN(C(=O)C=Cc2ccc(C(F)(F)F)cc2)CC1. The van der Waals surface area contributed by atoms with Gasteiger partial charge in [-0.2, -0.15) is 13.2 Å². The number of ether oxygens (including phenoxy) is 1. The highest BCUT2D eigenvalue weighted by atomic mass is 19.4. The van der Waals surface area contributed by atoms with Gasteiger partial charge in [-0.05, 0) is 36.1 Å². The van der Waals surface area contributed by atoms with Gasteiger partial charge in [0.05, 0.1) is 12.2 Å². The number of hydrogen-bond donors (Lipinski definition) is 0. The summed E-state index contributed by atoms with van der Waals surface area (Å²) in [6.07, 6.45) is -1.29. The van der Waals surface area contributed by atoms with Gasteiger partial charge in [0.2, 0.25) is 5.91 Å². The minimum atomic E-state index is -4.38. The van der Waals surface area contributed by atoms with Gasteiger partial charge in [-0.1, -0.05) is 26.0 Å². The van der Waals surface area contributed by atoms with Crippen LogP contribution >= 0.6 is 0 Å². The van der Waals surface area contributed by atoms with E-state index in [2.05, 4.69) is 0 Å². The molecule has 1 aliphatic rings. The Labute approximate surface area is 162 Å². The predicted octanol–water partition coefficient (Wildman–Crippen LogP) is 4.05. The lowest BCUT2D eigenvalue weighted by atomic mass is 10.1. The monoisotopic (exact) mass is 398 g/mol. The molecule has 1 fully saturated rings. The number of benzene rings is 1. The van der Waals surface area contributed by atoms with Gasteiger partial charge in [-0.15, -0.1) is 0 Å². The first-order chi connectivity index (χ1) is 13.2. The van der Waals surface area contributed by atoms with Gasteiger partial charge >= 0.3 is 12.3 Å². The molecule has 0 aliphatic carbocycles. The van der Waals surface area contributed by atoms with Gasteiger partial charge in [-0.3, -0.25) is 4.79 Å². The van der Waals surface area contributed by atoms with Gasteiger partial charge < -0.3 is 14.5 Å². The van der Waals surface area contributed by atoms with E-state index in [0.29, 0.717) is 44.8 Å². The fourth-order valence-corrected chi connectivity index (χ4v) is 2.71. The maximum atomic E-state index is 12.6. The highest BCUT2D eigenvalue weighted by Crippen LogP contribution is 2.29. The second-order valence-corrected chi connectivity index (χ2v) is 7.09. The molecule has 28 heavy (non-hydrogen) atoms. The largest absolute Gasteiger partial charge is 0.449 e. The van der Waals surface area contributed by atoms with Crippen LogP contribution in [0, 0.1) is 5.92 Å². The summed E-state index contributed by atoms with van der Waals surface area (Å²) in [5.74, 6) is 0.0154. The van der Waals surface area contributed by atoms with Gasteiger partial charge in [0.15, 0.2) is 0 Å². The quantitative estimate of drug-likeness (QED) is 0.719. The zero-order chi connectivity index (χ0) is 20.7. The second kappa shape index (κ2) is 9.61. The van der Waals surface area contributed by atoms with E-state index in [1.165, 1.54) is 24.3 Å². The Morgan fingerprint density at radius 3 is 2.29 bits per heavy atom. The molecule has 8 heteroatoms. The van der Waals surface area contributed by atoms with Crippen molar-refractivity contribution in [1.82, 2.24) is 9.80 Å². The average Bonchev–Trinajstić information content (AvgIpc) is 2.90. The van der Waals surface area contributed by atoms with Crippen LogP contribution in [0.4, 0.5) is 18.0 Å². The summed E-state index contributed by atoms with van der Waals surface area (Å²) in [6, 6.07) is 4.61. The van der Waals surface area contributed by atoms with Crippen LogP contribution in [-0.4, -0.2) is 54.6 Å². The van der Waals surface area contributed by atoms with Crippen LogP contribution in [0.5, 0.6) is 0 Å². The number of nitrogens with zero attached hydrogens (tertiary/aromatic N) is 2. The number of rotatable bonds is 4. The Bertz CT molecular complexity index is 700. The van der Waals surface area contributed by atoms with Crippen molar-refractivity contribution in [2.24, 2.45) is 5.92 Å². The molecule has 0 atom stereocenters. The van der Waals surface area contributed by atoms with Crippen LogP contribution < -0.4 is 0 Å². The normalized spacial score (nSPS) is 15.8. The molecule has 1 heterocycles. The van der Waals surface area contributed by atoms with Gasteiger partial charge in [0, 0.05) is 32.3 Å². The molecule has 1 aromatic rings. The van der Waals surface area contributed by atoms with E-state index in [0.717, 1.165) is 12.1 Å². The van der Waals surface area contributed by atoms with Crippen LogP contribution in [0.3, 0.4) is 0 Å². The number of carbonyl (C=O) groups excluding carboxylic acids is 2. The Balaban J connectivity index is 1.89. The van der Waals surface area contributed by atoms with Gasteiger partial charge in [0.1, 0.15) is 0 Å². The summed E-state index contributed by atoms with van der Waals surface area (Å²) < 4.78 is 42.9. The van der Waals surface area contributed by atoms with Crippen LogP contribution in [0.25, 0.3) is 6.08 Å². The molecule has 0 bridgehead atoms. The minimum Gasteiger partial charge on any atom is -0.449 e. The number of amides is 2. The van der Waals surface area contributed by atoms with E-state index < -0.39 is 11.7 Å². The number of carbonyl (C=O) groups is 2. The summed E-state index contributed by atoms with van der Waals surface area (Å²) in [5, 5.41) is 0. The summed E-state index contributed by atoms with van der Waals surface area (Å²) in [4.78, 5) is 27.6. The van der Waals surface area contributed by atoms with Crippen LogP contribution in [-0.2, 0) is 15.7 Å². The average molecular weight is 398 g/mol. The summed E-state index contributed by atoms with van der Waals surface area (Å²) in [6.45, 7) is 6.06. The van der Waals surface area contributed by atoms with E-state index in [-0.39, 0.29) is 17.9 Å². The molecule has 0 unspecified atom stereocenters. The van der Waals surface area contributed by atoms with Crippen molar-refractivity contribution in [3.05, 3.63) is 41.5 Å². The van der Waals surface area contributed by atoms with Crippen molar-refractivity contribution < 1.29 is 27.5 Å². The highest BCUT2D eigenvalue weighted by Gasteiger charge is 2.29. The first-order valence-corrected chi connectivity index (χ1v) is 9.23. The fourth-order valence-electron chi connectivity index (χ4n) is 2.71. The van der Waals surface area contributed by atoms with E-state index in [1.807, 2.05) is 13.8 Å². The highest BCUT2D eigenvalue weighted by molar-refractivity contribution is 5.91. The summed E-state index contributed by atoms with van der Waals surface area (Å²) in [7, 11) is 0. The molecule has 0 spiro atoms. The zero-order valence-electron chi connectivity index (χ0n) is 16.0. The summed E-state index contributed by atoms with van der Waals surface area (Å²) >= 11 is 0. The van der Waals surface area contributed by atoms with E-state index in [1.54, 1.807) is 9.80 Å². The van der Waals surface area contributed by atoms with Crippen LogP contribution in [0.2, 0.25) is 0 Å². The maximum absolute atomic E-state index is 12.6. The first-order valence-electron chi connectivity index (χ1n) is 9.23. The van der Waals surface area contributed by atoms with Crippen molar-refractivity contribution in [3.63, 3.8) is 0 Å². The van der Waals surface area contributed by atoms with Crippen molar-refractivity contribution >= 4 is 18.1 Å². The van der Waals surface area contributed by atoms with Gasteiger partial charge in [0.25, 0.3) is 0 Å². The van der Waals surface area contributed by atoms with Crippen molar-refractivity contribution in [2.45, 2.75) is 26.4 Å². The fraction of sp³-hybridized carbons (Fsp3) is 0.500. The Kier molecular flexibility index (Phi) is 7.48. The minimum absolute atomic E-state index is 0.239. The van der Waals surface area contributed by atoms with Crippen molar-refractivity contribution in [1.29, 1.82) is 0 Å². The maximum Gasteiger partial charge on any atom is 0.416 e. The molecule has 0 aromatic heterocycles. The molecule has 1 aromatic carbocycles. The topological polar surface area (TPSA) is 49.9 Å². The number of halogens is 3. The molecule has 0 N–H and O–H groups in total. The Morgan fingerprint density at radius 2 is 1.68 bits per heavy atom. The lowest BCUT2D eigenvalue weighted by molar-refractivity contribution is -0.137. The molecular formula is C20H25F3N2O3.